The largest absolute Gasteiger partial charge is 0.368 e. The molecule has 0 radical (unpaired) electrons. The monoisotopic (exact) mass is 366 g/mol. The van der Waals surface area contributed by atoms with Gasteiger partial charge in [0.2, 0.25) is 0 Å². The Bertz CT molecular complexity index is 909. The number of benzene rings is 2. The van der Waals surface area contributed by atoms with Gasteiger partial charge in [0.25, 0.3) is 5.91 Å². The van der Waals surface area contributed by atoms with Gasteiger partial charge in [-0.1, -0.05) is 18.2 Å². The highest BCUT2D eigenvalue weighted by atomic mass is 19.1. The number of carbonyl (C=O) groups is 1. The summed E-state index contributed by atoms with van der Waals surface area (Å²) in [5.74, 6) is -0.415. The van der Waals surface area contributed by atoms with E-state index in [9.17, 15) is 9.18 Å². The molecule has 0 spiro atoms. The van der Waals surface area contributed by atoms with E-state index in [-0.39, 0.29) is 11.7 Å². The number of nitrogens with one attached hydrogen (secondary N) is 2. The Morgan fingerprint density at radius 3 is 2.81 bits per heavy atom. The smallest absolute Gasteiger partial charge is 0.257 e. The van der Waals surface area contributed by atoms with E-state index in [0.29, 0.717) is 23.0 Å². The molecule has 5 nitrogen and oxygen atoms in total. The van der Waals surface area contributed by atoms with Gasteiger partial charge in [-0.15, -0.1) is 0 Å². The van der Waals surface area contributed by atoms with Gasteiger partial charge in [0.15, 0.2) is 0 Å². The van der Waals surface area contributed by atoms with E-state index in [2.05, 4.69) is 34.5 Å². The van der Waals surface area contributed by atoms with Gasteiger partial charge in [-0.3, -0.25) is 4.79 Å². The second-order valence-corrected chi connectivity index (χ2v) is 7.22. The number of halogens is 1. The van der Waals surface area contributed by atoms with E-state index in [4.69, 9.17) is 0 Å². The second kappa shape index (κ2) is 7.04. The van der Waals surface area contributed by atoms with Crippen molar-refractivity contribution in [2.75, 3.05) is 42.7 Å². The van der Waals surface area contributed by atoms with Crippen LogP contribution in [0.1, 0.15) is 12.0 Å². The predicted molar refractivity (Wildman–Crippen MR) is 107 cm³/mol. The summed E-state index contributed by atoms with van der Waals surface area (Å²) in [6.07, 6.45) is 2.67. The van der Waals surface area contributed by atoms with Crippen LogP contribution < -0.4 is 15.5 Å². The van der Waals surface area contributed by atoms with Crippen molar-refractivity contribution in [3.8, 4) is 0 Å². The van der Waals surface area contributed by atoms with Gasteiger partial charge in [0.05, 0.1) is 11.3 Å². The number of carbonyl (C=O) groups excluding carboxylic acids is 1. The van der Waals surface area contributed by atoms with E-state index in [1.54, 1.807) is 12.3 Å². The number of hydrogen-bond acceptors (Lipinski definition) is 4. The lowest BCUT2D eigenvalue weighted by molar-refractivity contribution is -0.110. The lowest BCUT2D eigenvalue weighted by Crippen LogP contribution is -2.31. The topological polar surface area (TPSA) is 47.6 Å². The van der Waals surface area contributed by atoms with Gasteiger partial charge < -0.3 is 20.4 Å². The first-order valence-electron chi connectivity index (χ1n) is 9.11. The van der Waals surface area contributed by atoms with Crippen molar-refractivity contribution in [1.29, 1.82) is 0 Å². The Morgan fingerprint density at radius 1 is 1.26 bits per heavy atom. The van der Waals surface area contributed by atoms with Crippen LogP contribution in [-0.2, 0) is 4.79 Å². The van der Waals surface area contributed by atoms with Crippen LogP contribution in [0.25, 0.3) is 5.57 Å². The van der Waals surface area contributed by atoms with Gasteiger partial charge in [0.1, 0.15) is 5.82 Å². The van der Waals surface area contributed by atoms with Crippen molar-refractivity contribution < 1.29 is 9.18 Å². The summed E-state index contributed by atoms with van der Waals surface area (Å²) in [6.45, 7) is 1.69. The molecule has 2 aliphatic rings. The van der Waals surface area contributed by atoms with Crippen molar-refractivity contribution in [3.63, 3.8) is 0 Å². The fourth-order valence-corrected chi connectivity index (χ4v) is 3.67. The van der Waals surface area contributed by atoms with Crippen molar-refractivity contribution >= 4 is 28.5 Å². The highest BCUT2D eigenvalue weighted by Gasteiger charge is 2.26. The second-order valence-electron chi connectivity index (χ2n) is 7.22. The van der Waals surface area contributed by atoms with E-state index in [0.717, 1.165) is 30.8 Å². The standard InChI is InChI=1S/C21H23FN4O/c1-25(2)15-9-10-26(13-15)20-8-7-14(11-18(20)22)23-12-17-16-5-3-4-6-19(16)24-21(17)27/h3-8,11-12,15,23H,9-10,13H2,1-2H3,(H,24,27)/b17-12-. The molecule has 6 heteroatoms. The number of anilines is 3. The number of hydrogen-bond donors (Lipinski definition) is 2. The highest BCUT2D eigenvalue weighted by molar-refractivity contribution is 6.31. The van der Waals surface area contributed by atoms with E-state index in [1.807, 2.05) is 30.3 Å². The molecule has 2 aromatic carbocycles. The summed E-state index contributed by atoms with van der Waals surface area (Å²) < 4.78 is 14.7. The summed E-state index contributed by atoms with van der Waals surface area (Å²) >= 11 is 0. The van der Waals surface area contributed by atoms with Crippen LogP contribution in [0.4, 0.5) is 21.5 Å². The number of likely N-dealkylation sites (N-methyl/N-ethyl adjacent to an activating group) is 1. The fraction of sp³-hybridized carbons (Fsp3) is 0.286. The Morgan fingerprint density at radius 2 is 2.07 bits per heavy atom. The first-order chi connectivity index (χ1) is 13.0. The van der Waals surface area contributed by atoms with Crippen LogP contribution in [0.3, 0.4) is 0 Å². The van der Waals surface area contributed by atoms with Gasteiger partial charge >= 0.3 is 0 Å². The Balaban J connectivity index is 1.50. The predicted octanol–water partition coefficient (Wildman–Crippen LogP) is 3.37. The van der Waals surface area contributed by atoms with Crippen molar-refractivity contribution in [1.82, 2.24) is 4.90 Å². The number of nitrogens with zero attached hydrogens (tertiary/aromatic N) is 2. The summed E-state index contributed by atoms with van der Waals surface area (Å²) in [7, 11) is 4.12. The zero-order valence-corrected chi connectivity index (χ0v) is 15.5. The van der Waals surface area contributed by atoms with Crippen molar-refractivity contribution in [2.45, 2.75) is 12.5 Å². The molecule has 4 rings (SSSR count). The molecule has 1 amide bonds. The van der Waals surface area contributed by atoms with Crippen molar-refractivity contribution in [2.24, 2.45) is 0 Å². The summed E-state index contributed by atoms with van der Waals surface area (Å²) in [5, 5.41) is 5.88. The normalized spacial score (nSPS) is 20.3. The molecule has 1 atom stereocenters. The van der Waals surface area contributed by atoms with E-state index >= 15 is 0 Å². The maximum absolute atomic E-state index is 14.7. The average Bonchev–Trinajstić information content (AvgIpc) is 3.24. The lowest BCUT2D eigenvalue weighted by atomic mass is 10.1. The third-order valence-electron chi connectivity index (χ3n) is 5.28. The van der Waals surface area contributed by atoms with Crippen LogP contribution >= 0.6 is 0 Å². The summed E-state index contributed by atoms with van der Waals surface area (Å²) in [4.78, 5) is 16.4. The molecule has 1 fully saturated rings. The SMILES string of the molecule is CN(C)C1CCN(c2ccc(N/C=C3\C(=O)Nc4ccccc43)cc2F)C1. The molecular weight excluding hydrogens is 343 g/mol. The van der Waals surface area contributed by atoms with Crippen LogP contribution in [0.15, 0.2) is 48.7 Å². The first-order valence-corrected chi connectivity index (χ1v) is 9.11. The highest BCUT2D eigenvalue weighted by Crippen LogP contribution is 2.32. The summed E-state index contributed by atoms with van der Waals surface area (Å²) in [5.41, 5.74) is 3.43. The molecule has 1 saturated heterocycles. The zero-order chi connectivity index (χ0) is 19.0. The molecule has 0 aromatic heterocycles. The number of rotatable bonds is 4. The van der Waals surface area contributed by atoms with E-state index in [1.165, 1.54) is 6.07 Å². The Labute approximate surface area is 158 Å². The molecule has 2 N–H and O–H groups in total. The molecule has 0 bridgehead atoms. The quantitative estimate of drug-likeness (QED) is 0.815. The van der Waals surface area contributed by atoms with Gasteiger partial charge in [-0.2, -0.15) is 0 Å². The Hall–Kier alpha value is -2.86. The molecule has 27 heavy (non-hydrogen) atoms. The van der Waals surface area contributed by atoms with Gasteiger partial charge in [-0.25, -0.2) is 4.39 Å². The van der Waals surface area contributed by atoms with Gasteiger partial charge in [0, 0.05) is 42.3 Å². The zero-order valence-electron chi connectivity index (χ0n) is 15.5. The molecule has 140 valence electrons. The van der Waals surface area contributed by atoms with Gasteiger partial charge in [-0.05, 0) is 44.8 Å². The maximum atomic E-state index is 14.7. The number of fused-ring (bicyclic) bond motifs is 1. The molecule has 1 unspecified atom stereocenters. The molecule has 0 saturated carbocycles. The van der Waals surface area contributed by atoms with Crippen molar-refractivity contribution in [3.05, 3.63) is 60.0 Å². The number of para-hydroxylation sites is 1. The molecule has 2 aromatic rings. The molecular formula is C21H23FN4O. The summed E-state index contributed by atoms with van der Waals surface area (Å²) in [6, 6.07) is 13.1. The lowest BCUT2D eigenvalue weighted by Gasteiger charge is -2.22. The number of amides is 1. The Kier molecular flexibility index (Phi) is 4.58. The van der Waals surface area contributed by atoms with Crippen LogP contribution in [0, 0.1) is 5.82 Å². The minimum atomic E-state index is -0.255. The molecule has 0 aliphatic carbocycles. The van der Waals surface area contributed by atoms with Crippen LogP contribution in [0.2, 0.25) is 0 Å². The molecule has 2 heterocycles. The van der Waals surface area contributed by atoms with Crippen LogP contribution in [-0.4, -0.2) is 44.0 Å². The van der Waals surface area contributed by atoms with Crippen LogP contribution in [0.5, 0.6) is 0 Å². The average molecular weight is 366 g/mol. The van der Waals surface area contributed by atoms with E-state index < -0.39 is 0 Å². The maximum Gasteiger partial charge on any atom is 0.257 e. The molecule has 2 aliphatic heterocycles. The minimum Gasteiger partial charge on any atom is -0.368 e. The fourth-order valence-electron chi connectivity index (χ4n) is 3.67. The third kappa shape index (κ3) is 3.40. The first kappa shape index (κ1) is 17.5. The minimum absolute atomic E-state index is 0.160. The third-order valence-corrected chi connectivity index (χ3v) is 5.28.